The van der Waals surface area contributed by atoms with Crippen LogP contribution in [0.3, 0.4) is 0 Å². The molecule has 2 aromatic carbocycles. The molecule has 0 radical (unpaired) electrons. The highest BCUT2D eigenvalue weighted by Crippen LogP contribution is 2.37. The van der Waals surface area contributed by atoms with Gasteiger partial charge in [0.2, 0.25) is 5.43 Å². The molecule has 0 amide bonds. The minimum atomic E-state index is -0.515. The molecule has 0 aliphatic heterocycles. The lowest BCUT2D eigenvalue weighted by Crippen LogP contribution is -2.16. The van der Waals surface area contributed by atoms with Crippen LogP contribution in [0.4, 0.5) is 8.78 Å². The molecule has 2 unspecified atom stereocenters. The summed E-state index contributed by atoms with van der Waals surface area (Å²) in [5.41, 5.74) is 6.57. The number of hydrogen-bond donors (Lipinski definition) is 2. The maximum atomic E-state index is 15.0. The lowest BCUT2D eigenvalue weighted by atomic mass is 9.95. The van der Waals surface area contributed by atoms with Gasteiger partial charge in [-0.05, 0) is 78.7 Å². The fourth-order valence-electron chi connectivity index (χ4n) is 4.30. The molecular weight excluding hydrogens is 396 g/mol. The zero-order valence-electron chi connectivity index (χ0n) is 15.2. The summed E-state index contributed by atoms with van der Waals surface area (Å²) in [5.74, 6) is -0.888. The van der Waals surface area contributed by atoms with Crippen LogP contribution in [0.5, 0.6) is 0 Å². The zero-order chi connectivity index (χ0) is 20.3. The van der Waals surface area contributed by atoms with Gasteiger partial charge in [-0.3, -0.25) is 18.5 Å². The predicted octanol–water partition coefficient (Wildman–Crippen LogP) is 3.77. The van der Waals surface area contributed by atoms with Gasteiger partial charge >= 0.3 is 0 Å². The topological polar surface area (TPSA) is 80.9 Å². The van der Waals surface area contributed by atoms with Gasteiger partial charge in [-0.15, -0.1) is 0 Å². The van der Waals surface area contributed by atoms with Crippen LogP contribution in [0, 0.1) is 11.6 Å². The number of aromatic amines is 1. The quantitative estimate of drug-likeness (QED) is 0.525. The first-order valence-corrected chi connectivity index (χ1v) is 10.2. The Bertz CT molecular complexity index is 1370. The van der Waals surface area contributed by atoms with Crippen molar-refractivity contribution in [1.82, 2.24) is 8.94 Å². The fourth-order valence-corrected chi connectivity index (χ4v) is 5.17. The molecule has 1 aliphatic rings. The van der Waals surface area contributed by atoms with E-state index in [0.717, 1.165) is 24.4 Å². The molecular formula is C21H17F2N3O2S. The van der Waals surface area contributed by atoms with Crippen molar-refractivity contribution in [2.75, 3.05) is 0 Å². The molecule has 5 nitrogen and oxygen atoms in total. The van der Waals surface area contributed by atoms with Gasteiger partial charge < -0.3 is 5.73 Å². The van der Waals surface area contributed by atoms with E-state index in [1.165, 1.54) is 18.2 Å². The number of halogens is 2. The van der Waals surface area contributed by atoms with E-state index >= 15 is 0 Å². The number of pyridine rings is 1. The Balaban J connectivity index is 1.90. The van der Waals surface area contributed by atoms with Gasteiger partial charge in [0, 0.05) is 17.1 Å². The normalized spacial score (nSPS) is 19.4. The highest BCUT2D eigenvalue weighted by molar-refractivity contribution is 7.12. The molecule has 0 saturated heterocycles. The summed E-state index contributed by atoms with van der Waals surface area (Å²) >= 11 is 1.03. The maximum absolute atomic E-state index is 15.0. The summed E-state index contributed by atoms with van der Waals surface area (Å²) < 4.78 is 32.8. The fraction of sp³-hybridized carbons (Fsp3) is 0.238. The van der Waals surface area contributed by atoms with Gasteiger partial charge in [-0.1, -0.05) is 0 Å². The molecule has 1 aliphatic carbocycles. The van der Waals surface area contributed by atoms with Crippen molar-refractivity contribution in [2.24, 2.45) is 5.73 Å². The summed E-state index contributed by atoms with van der Waals surface area (Å²) in [6.07, 6.45) is 2.29. The van der Waals surface area contributed by atoms with E-state index in [9.17, 15) is 18.4 Å². The molecule has 5 rings (SSSR count). The molecule has 0 bridgehead atoms. The van der Waals surface area contributed by atoms with E-state index in [1.54, 1.807) is 22.8 Å². The van der Waals surface area contributed by atoms with Crippen LogP contribution in [-0.2, 0) is 0 Å². The van der Waals surface area contributed by atoms with Gasteiger partial charge in [0.15, 0.2) is 0 Å². The summed E-state index contributed by atoms with van der Waals surface area (Å²) in [6.45, 7) is 0. The van der Waals surface area contributed by atoms with E-state index in [2.05, 4.69) is 4.37 Å². The lowest BCUT2D eigenvalue weighted by Gasteiger charge is -2.17. The van der Waals surface area contributed by atoms with Crippen LogP contribution in [-0.4, -0.2) is 15.0 Å². The van der Waals surface area contributed by atoms with Gasteiger partial charge in [0.25, 0.3) is 5.56 Å². The van der Waals surface area contributed by atoms with Gasteiger partial charge in [0.05, 0.1) is 5.52 Å². The first-order chi connectivity index (χ1) is 13.9. The minimum Gasteiger partial charge on any atom is -0.328 e. The Labute approximate surface area is 167 Å². The summed E-state index contributed by atoms with van der Waals surface area (Å²) in [7, 11) is 0. The minimum absolute atomic E-state index is 0.0214. The zero-order valence-corrected chi connectivity index (χ0v) is 16.1. The third-order valence-electron chi connectivity index (χ3n) is 5.71. The lowest BCUT2D eigenvalue weighted by molar-refractivity contribution is 0.578. The van der Waals surface area contributed by atoms with Crippen LogP contribution >= 0.6 is 11.5 Å². The van der Waals surface area contributed by atoms with E-state index in [-0.39, 0.29) is 22.7 Å². The molecule has 2 atom stereocenters. The number of aromatic nitrogens is 2. The van der Waals surface area contributed by atoms with Crippen molar-refractivity contribution < 1.29 is 8.78 Å². The number of nitrogens with one attached hydrogen (secondary N) is 1. The van der Waals surface area contributed by atoms with Crippen molar-refractivity contribution in [2.45, 2.75) is 31.2 Å². The van der Waals surface area contributed by atoms with Crippen molar-refractivity contribution in [3.63, 3.8) is 0 Å². The van der Waals surface area contributed by atoms with Gasteiger partial charge in [-0.25, -0.2) is 8.78 Å². The smallest absolute Gasteiger partial charge is 0.271 e. The Morgan fingerprint density at radius 2 is 1.86 bits per heavy atom. The summed E-state index contributed by atoms with van der Waals surface area (Å²) in [6, 6.07) is 8.68. The Hall–Kier alpha value is -2.84. The molecule has 29 heavy (non-hydrogen) atoms. The Morgan fingerprint density at radius 1 is 1.10 bits per heavy atom. The number of nitrogens with two attached hydrogens (primary N) is 1. The predicted molar refractivity (Wildman–Crippen MR) is 110 cm³/mol. The van der Waals surface area contributed by atoms with Gasteiger partial charge in [-0.2, -0.15) is 0 Å². The van der Waals surface area contributed by atoms with E-state index in [1.807, 2.05) is 0 Å². The van der Waals surface area contributed by atoms with Crippen molar-refractivity contribution in [3.8, 4) is 5.69 Å². The van der Waals surface area contributed by atoms with Crippen LogP contribution in [0.15, 0.2) is 46.0 Å². The average molecular weight is 413 g/mol. The van der Waals surface area contributed by atoms with E-state index < -0.39 is 22.6 Å². The Kier molecular flexibility index (Phi) is 4.15. The molecule has 8 heteroatoms. The van der Waals surface area contributed by atoms with Crippen LogP contribution in [0.2, 0.25) is 0 Å². The number of nitrogens with zero attached hydrogens (tertiary/aromatic N) is 1. The maximum Gasteiger partial charge on any atom is 0.271 e. The number of benzene rings is 2. The van der Waals surface area contributed by atoms with Crippen LogP contribution < -0.4 is 16.7 Å². The van der Waals surface area contributed by atoms with Crippen molar-refractivity contribution in [1.29, 1.82) is 0 Å². The monoisotopic (exact) mass is 413 g/mol. The standard InChI is InChI=1S/C21H17F2N3O2S/c22-11-2-5-13(6-3-11)26-17-9-14(10-1-4-12(24)7-10)16(23)8-15(17)19(27)18-20(28)25-29-21(18)26/h2-3,5-6,8-10,12H,1,4,7,24H2,(H,25,28). The molecule has 148 valence electrons. The molecule has 1 fully saturated rings. The highest BCUT2D eigenvalue weighted by Gasteiger charge is 2.27. The second kappa shape index (κ2) is 6.60. The molecule has 3 N–H and O–H groups in total. The average Bonchev–Trinajstić information content (AvgIpc) is 3.29. The largest absolute Gasteiger partial charge is 0.328 e. The number of hydrogen-bond acceptors (Lipinski definition) is 4. The Morgan fingerprint density at radius 3 is 2.55 bits per heavy atom. The first-order valence-electron chi connectivity index (χ1n) is 9.35. The van der Waals surface area contributed by atoms with Crippen LogP contribution in [0.1, 0.15) is 30.7 Å². The first kappa shape index (κ1) is 18.2. The number of fused-ring (bicyclic) bond motifs is 2. The third kappa shape index (κ3) is 2.82. The number of rotatable bonds is 2. The molecule has 1 saturated carbocycles. The van der Waals surface area contributed by atoms with E-state index in [0.29, 0.717) is 28.0 Å². The van der Waals surface area contributed by atoms with E-state index in [4.69, 9.17) is 5.73 Å². The second-order valence-electron chi connectivity index (χ2n) is 7.52. The molecule has 2 heterocycles. The summed E-state index contributed by atoms with van der Waals surface area (Å²) in [4.78, 5) is 25.6. The van der Waals surface area contributed by atoms with Crippen molar-refractivity contribution in [3.05, 3.63) is 74.2 Å². The van der Waals surface area contributed by atoms with Crippen LogP contribution in [0.25, 0.3) is 26.8 Å². The third-order valence-corrected chi connectivity index (χ3v) is 6.58. The molecule has 4 aromatic rings. The summed E-state index contributed by atoms with van der Waals surface area (Å²) in [5, 5.41) is 0.0936. The molecule has 2 aromatic heterocycles. The van der Waals surface area contributed by atoms with Crippen molar-refractivity contribution >= 4 is 32.7 Å². The molecule has 0 spiro atoms. The highest BCUT2D eigenvalue weighted by atomic mass is 32.1. The SMILES string of the molecule is NC1CCC(c2cc3c(cc2F)c(=O)c2c(=O)[nH]sc2n3-c2ccc(F)cc2)C1. The number of H-pyrrole nitrogens is 1. The second-order valence-corrected chi connectivity index (χ2v) is 8.31. The van der Waals surface area contributed by atoms with Gasteiger partial charge in [0.1, 0.15) is 21.9 Å².